The summed E-state index contributed by atoms with van der Waals surface area (Å²) in [5.41, 5.74) is -0.373. The molecule has 1 N–H and O–H groups in total. The second kappa shape index (κ2) is 6.31. The van der Waals surface area contributed by atoms with Crippen molar-refractivity contribution in [2.24, 2.45) is 5.92 Å². The molecule has 0 aliphatic rings. The maximum Gasteiger partial charge on any atom is 0.327 e. The SMILES string of the molecule is C=CCc1cc(F)c(=O)n(C(C(=O)O)[C@H](C)CC)c1. The Kier molecular flexibility index (Phi) is 5.03. The second-order valence-corrected chi connectivity index (χ2v) is 4.57. The van der Waals surface area contributed by atoms with Crippen LogP contribution in [0.4, 0.5) is 4.39 Å². The number of nitrogens with zero attached hydrogens (tertiary/aromatic N) is 1. The van der Waals surface area contributed by atoms with E-state index in [1.54, 1.807) is 13.0 Å². The maximum atomic E-state index is 13.6. The van der Waals surface area contributed by atoms with E-state index in [1.807, 2.05) is 6.92 Å². The quantitative estimate of drug-likeness (QED) is 0.805. The van der Waals surface area contributed by atoms with Gasteiger partial charge in [-0.15, -0.1) is 6.58 Å². The molecule has 0 bridgehead atoms. The second-order valence-electron chi connectivity index (χ2n) is 4.57. The molecule has 1 aromatic heterocycles. The first-order chi connectivity index (χ1) is 8.92. The number of carboxylic acids is 1. The van der Waals surface area contributed by atoms with Crippen molar-refractivity contribution in [3.05, 3.63) is 46.7 Å². The van der Waals surface area contributed by atoms with Crippen LogP contribution in [0, 0.1) is 11.7 Å². The van der Waals surface area contributed by atoms with Crippen LogP contribution in [0.25, 0.3) is 0 Å². The van der Waals surface area contributed by atoms with Crippen LogP contribution in [-0.4, -0.2) is 15.6 Å². The van der Waals surface area contributed by atoms with Gasteiger partial charge in [0, 0.05) is 6.20 Å². The lowest BCUT2D eigenvalue weighted by molar-refractivity contribution is -0.142. The number of aromatic nitrogens is 1. The van der Waals surface area contributed by atoms with E-state index < -0.39 is 23.4 Å². The topological polar surface area (TPSA) is 59.3 Å². The number of aliphatic carboxylic acids is 1. The third-order valence-corrected chi connectivity index (χ3v) is 3.17. The Morgan fingerprint density at radius 3 is 2.74 bits per heavy atom. The van der Waals surface area contributed by atoms with Gasteiger partial charge in [-0.2, -0.15) is 0 Å². The van der Waals surface area contributed by atoms with Gasteiger partial charge in [-0.25, -0.2) is 9.18 Å². The van der Waals surface area contributed by atoms with Crippen molar-refractivity contribution in [3.8, 4) is 0 Å². The number of carbonyl (C=O) groups is 1. The van der Waals surface area contributed by atoms with E-state index in [1.165, 1.54) is 6.20 Å². The van der Waals surface area contributed by atoms with Gasteiger partial charge in [0.25, 0.3) is 5.56 Å². The number of hydrogen-bond donors (Lipinski definition) is 1. The third kappa shape index (κ3) is 3.30. The molecule has 19 heavy (non-hydrogen) atoms. The molecule has 0 radical (unpaired) electrons. The van der Waals surface area contributed by atoms with E-state index in [2.05, 4.69) is 6.58 Å². The van der Waals surface area contributed by atoms with E-state index in [9.17, 15) is 19.1 Å². The normalized spacial score (nSPS) is 13.8. The van der Waals surface area contributed by atoms with Crippen LogP contribution in [0.1, 0.15) is 31.9 Å². The van der Waals surface area contributed by atoms with Crippen molar-refractivity contribution in [1.82, 2.24) is 4.57 Å². The Morgan fingerprint density at radius 1 is 1.63 bits per heavy atom. The van der Waals surface area contributed by atoms with Crippen LogP contribution in [0.3, 0.4) is 0 Å². The number of halogens is 1. The monoisotopic (exact) mass is 267 g/mol. The predicted octanol–water partition coefficient (Wildman–Crippen LogP) is 2.39. The molecule has 0 fully saturated rings. The highest BCUT2D eigenvalue weighted by Gasteiger charge is 2.27. The summed E-state index contributed by atoms with van der Waals surface area (Å²) in [6, 6.07) is 0.0625. The van der Waals surface area contributed by atoms with Gasteiger partial charge in [0.2, 0.25) is 0 Å². The molecule has 1 unspecified atom stereocenters. The van der Waals surface area contributed by atoms with Gasteiger partial charge in [-0.1, -0.05) is 26.3 Å². The van der Waals surface area contributed by atoms with Crippen LogP contribution in [-0.2, 0) is 11.2 Å². The molecule has 104 valence electrons. The van der Waals surface area contributed by atoms with E-state index in [4.69, 9.17) is 0 Å². The lowest BCUT2D eigenvalue weighted by Crippen LogP contribution is -2.35. The van der Waals surface area contributed by atoms with Crippen molar-refractivity contribution < 1.29 is 14.3 Å². The highest BCUT2D eigenvalue weighted by molar-refractivity contribution is 5.72. The molecule has 0 aliphatic carbocycles. The smallest absolute Gasteiger partial charge is 0.327 e. The molecular weight excluding hydrogens is 249 g/mol. The summed E-state index contributed by atoms with van der Waals surface area (Å²) >= 11 is 0. The molecule has 0 aromatic carbocycles. The van der Waals surface area contributed by atoms with E-state index in [-0.39, 0.29) is 5.92 Å². The van der Waals surface area contributed by atoms with Crippen molar-refractivity contribution >= 4 is 5.97 Å². The van der Waals surface area contributed by atoms with Gasteiger partial charge in [0.15, 0.2) is 5.82 Å². The minimum atomic E-state index is -1.13. The molecule has 1 heterocycles. The van der Waals surface area contributed by atoms with Gasteiger partial charge in [-0.3, -0.25) is 9.36 Å². The van der Waals surface area contributed by atoms with Crippen LogP contribution < -0.4 is 5.56 Å². The van der Waals surface area contributed by atoms with Gasteiger partial charge in [-0.05, 0) is 24.0 Å². The molecule has 4 nitrogen and oxygen atoms in total. The number of pyridine rings is 1. The lowest BCUT2D eigenvalue weighted by Gasteiger charge is -2.22. The van der Waals surface area contributed by atoms with Crippen LogP contribution in [0.2, 0.25) is 0 Å². The number of rotatable bonds is 6. The van der Waals surface area contributed by atoms with Crippen LogP contribution >= 0.6 is 0 Å². The van der Waals surface area contributed by atoms with Gasteiger partial charge in [0.05, 0.1) is 0 Å². The minimum absolute atomic E-state index is 0.270. The van der Waals surface area contributed by atoms with Crippen molar-refractivity contribution in [1.29, 1.82) is 0 Å². The zero-order chi connectivity index (χ0) is 14.6. The Bertz CT molecular complexity index is 536. The lowest BCUT2D eigenvalue weighted by atomic mass is 9.98. The summed E-state index contributed by atoms with van der Waals surface area (Å²) in [5.74, 6) is -2.34. The molecule has 1 rings (SSSR count). The van der Waals surface area contributed by atoms with Gasteiger partial charge < -0.3 is 5.11 Å². The minimum Gasteiger partial charge on any atom is -0.480 e. The Hall–Kier alpha value is -1.91. The van der Waals surface area contributed by atoms with Gasteiger partial charge >= 0.3 is 5.97 Å². The maximum absolute atomic E-state index is 13.6. The zero-order valence-corrected chi connectivity index (χ0v) is 11.1. The Morgan fingerprint density at radius 2 is 2.26 bits per heavy atom. The molecule has 2 atom stereocenters. The number of hydrogen-bond acceptors (Lipinski definition) is 2. The fraction of sp³-hybridized carbons (Fsp3) is 0.429. The summed E-state index contributed by atoms with van der Waals surface area (Å²) < 4.78 is 14.6. The summed E-state index contributed by atoms with van der Waals surface area (Å²) in [4.78, 5) is 23.1. The standard InChI is InChI=1S/C14H18FNO3/c1-4-6-10-7-11(15)13(17)16(8-10)12(14(18)19)9(3)5-2/h4,7-9,12H,1,5-6H2,2-3H3,(H,18,19)/t9-,12?/m1/s1. The molecule has 0 saturated carbocycles. The summed E-state index contributed by atoms with van der Waals surface area (Å²) in [5, 5.41) is 9.26. The molecule has 1 aromatic rings. The van der Waals surface area contributed by atoms with Crippen molar-refractivity contribution in [3.63, 3.8) is 0 Å². The zero-order valence-electron chi connectivity index (χ0n) is 11.1. The molecule has 5 heteroatoms. The largest absolute Gasteiger partial charge is 0.480 e. The average Bonchev–Trinajstić information content (AvgIpc) is 2.35. The molecule has 0 spiro atoms. The highest BCUT2D eigenvalue weighted by atomic mass is 19.1. The Labute approximate surface area is 111 Å². The summed E-state index contributed by atoms with van der Waals surface area (Å²) in [6.45, 7) is 7.10. The molecule has 0 amide bonds. The van der Waals surface area contributed by atoms with E-state index in [0.29, 0.717) is 18.4 Å². The van der Waals surface area contributed by atoms with Crippen molar-refractivity contribution in [2.45, 2.75) is 32.7 Å². The fourth-order valence-electron chi connectivity index (χ4n) is 1.97. The van der Waals surface area contributed by atoms with E-state index in [0.717, 1.165) is 10.6 Å². The average molecular weight is 267 g/mol. The van der Waals surface area contributed by atoms with E-state index >= 15 is 0 Å². The number of carboxylic acid groups (broad SMARTS) is 1. The van der Waals surface area contributed by atoms with Crippen molar-refractivity contribution in [2.75, 3.05) is 0 Å². The predicted molar refractivity (Wildman–Crippen MR) is 70.7 cm³/mol. The first-order valence-corrected chi connectivity index (χ1v) is 6.16. The van der Waals surface area contributed by atoms with Crippen LogP contribution in [0.5, 0.6) is 0 Å². The molecule has 0 aliphatic heterocycles. The van der Waals surface area contributed by atoms with Gasteiger partial charge in [0.1, 0.15) is 6.04 Å². The first kappa shape index (κ1) is 15.1. The summed E-state index contributed by atoms with van der Waals surface area (Å²) in [7, 11) is 0. The number of allylic oxidation sites excluding steroid dienone is 1. The first-order valence-electron chi connectivity index (χ1n) is 6.16. The summed E-state index contributed by atoms with van der Waals surface area (Å²) in [6.07, 6.45) is 3.93. The fourth-order valence-corrected chi connectivity index (χ4v) is 1.97. The molecule has 0 saturated heterocycles. The van der Waals surface area contributed by atoms with Crippen LogP contribution in [0.15, 0.2) is 29.7 Å². The highest BCUT2D eigenvalue weighted by Crippen LogP contribution is 2.20. The Balaban J connectivity index is 3.40. The third-order valence-electron chi connectivity index (χ3n) is 3.17. The molecular formula is C14H18FNO3.